The smallest absolute Gasteiger partial charge is 0.130 e. The maximum Gasteiger partial charge on any atom is 0.130 e. The Labute approximate surface area is 171 Å². The van der Waals surface area contributed by atoms with Gasteiger partial charge < -0.3 is 10.2 Å². The summed E-state index contributed by atoms with van der Waals surface area (Å²) in [4.78, 5) is 0. The maximum atomic E-state index is 10.8. The van der Waals surface area contributed by atoms with Gasteiger partial charge in [0.1, 0.15) is 11.5 Å². The van der Waals surface area contributed by atoms with Gasteiger partial charge in [-0.25, -0.2) is 0 Å². The second-order valence-electron chi connectivity index (χ2n) is 7.29. The van der Waals surface area contributed by atoms with E-state index in [2.05, 4.69) is 43.0 Å². The highest BCUT2D eigenvalue weighted by Crippen LogP contribution is 2.37. The maximum absolute atomic E-state index is 10.8. The number of aromatic hydroxyl groups is 2. The van der Waals surface area contributed by atoms with E-state index in [1.54, 1.807) is 6.07 Å². The van der Waals surface area contributed by atoms with Crippen LogP contribution < -0.4 is 0 Å². The van der Waals surface area contributed by atoms with Crippen LogP contribution in [0.15, 0.2) is 78.9 Å². The molecule has 142 valence electrons. The predicted octanol–water partition coefficient (Wildman–Crippen LogP) is 5.74. The number of hydrogen-bond donors (Lipinski definition) is 2. The largest absolute Gasteiger partial charge is 0.507 e. The number of rotatable bonds is 3. The molecule has 0 heterocycles. The number of phenolic OH excluding ortho intramolecular Hbond substituents is 2. The first-order chi connectivity index (χ1) is 14.1. The topological polar surface area (TPSA) is 40.5 Å². The fourth-order valence-corrected chi connectivity index (χ4v) is 3.41. The van der Waals surface area contributed by atoms with Crippen molar-refractivity contribution in [1.82, 2.24) is 0 Å². The van der Waals surface area contributed by atoms with Crippen molar-refractivity contribution in [1.29, 1.82) is 0 Å². The zero-order valence-electron chi connectivity index (χ0n) is 16.3. The monoisotopic (exact) mass is 378 g/mol. The van der Waals surface area contributed by atoms with Crippen molar-refractivity contribution in [2.45, 2.75) is 19.8 Å². The molecule has 0 saturated carbocycles. The van der Waals surface area contributed by atoms with Crippen LogP contribution in [0.25, 0.3) is 10.8 Å². The number of benzene rings is 4. The normalized spacial score (nSPS) is 10.5. The van der Waals surface area contributed by atoms with Gasteiger partial charge in [0.2, 0.25) is 0 Å². The molecule has 0 unspecified atom stereocenters. The number of phenols is 2. The van der Waals surface area contributed by atoms with E-state index in [-0.39, 0.29) is 11.5 Å². The fourth-order valence-electron chi connectivity index (χ4n) is 3.41. The first kappa shape index (κ1) is 18.7. The van der Waals surface area contributed by atoms with Crippen molar-refractivity contribution in [3.8, 4) is 23.3 Å². The van der Waals surface area contributed by atoms with Crippen LogP contribution in [-0.4, -0.2) is 10.2 Å². The Morgan fingerprint density at radius 3 is 2.31 bits per heavy atom. The number of fused-ring (bicyclic) bond motifs is 1. The van der Waals surface area contributed by atoms with Gasteiger partial charge in [-0.2, -0.15) is 0 Å². The molecule has 29 heavy (non-hydrogen) atoms. The summed E-state index contributed by atoms with van der Waals surface area (Å²) in [6.45, 7) is 2.07. The summed E-state index contributed by atoms with van der Waals surface area (Å²) in [5.74, 6) is 6.62. The minimum absolute atomic E-state index is 0.108. The van der Waals surface area contributed by atoms with Crippen molar-refractivity contribution < 1.29 is 10.2 Å². The molecule has 2 nitrogen and oxygen atoms in total. The van der Waals surface area contributed by atoms with Crippen molar-refractivity contribution in [2.24, 2.45) is 0 Å². The highest BCUT2D eigenvalue weighted by atomic mass is 16.3. The lowest BCUT2D eigenvalue weighted by Crippen LogP contribution is -1.91. The van der Waals surface area contributed by atoms with Crippen LogP contribution >= 0.6 is 0 Å². The SMILES string of the molecule is Cc1ccc(CC#Cc2ccc3cc(O)c(Cc4ccccc4)c(O)c3c2)cc1. The molecule has 2 N–H and O–H groups in total. The molecule has 0 aliphatic rings. The molecule has 2 heteroatoms. The molecule has 0 aromatic heterocycles. The van der Waals surface area contributed by atoms with Gasteiger partial charge in [-0.15, -0.1) is 0 Å². The lowest BCUT2D eigenvalue weighted by molar-refractivity contribution is 0.445. The molecule has 0 aliphatic heterocycles. The summed E-state index contributed by atoms with van der Waals surface area (Å²) in [5.41, 5.74) is 4.83. The Morgan fingerprint density at radius 2 is 1.55 bits per heavy atom. The van der Waals surface area contributed by atoms with E-state index in [0.29, 0.717) is 23.8 Å². The lowest BCUT2D eigenvalue weighted by atomic mass is 9.97. The van der Waals surface area contributed by atoms with Gasteiger partial charge in [0.05, 0.1) is 0 Å². The molecule has 4 aromatic carbocycles. The van der Waals surface area contributed by atoms with E-state index in [9.17, 15) is 10.2 Å². The molecule has 0 saturated heterocycles. The zero-order chi connectivity index (χ0) is 20.2. The van der Waals surface area contributed by atoms with Crippen LogP contribution in [0.4, 0.5) is 0 Å². The van der Waals surface area contributed by atoms with Gasteiger partial charge in [0, 0.05) is 29.4 Å². The predicted molar refractivity (Wildman–Crippen MR) is 118 cm³/mol. The van der Waals surface area contributed by atoms with Gasteiger partial charge in [-0.05, 0) is 41.6 Å². The summed E-state index contributed by atoms with van der Waals surface area (Å²) in [6, 6.07) is 25.6. The molecule has 0 aliphatic carbocycles. The average Bonchev–Trinajstić information content (AvgIpc) is 2.74. The molecule has 4 aromatic rings. The summed E-state index contributed by atoms with van der Waals surface area (Å²) in [6.07, 6.45) is 1.15. The van der Waals surface area contributed by atoms with E-state index in [0.717, 1.165) is 16.5 Å². The number of aryl methyl sites for hydroxylation is 1. The van der Waals surface area contributed by atoms with Gasteiger partial charge >= 0.3 is 0 Å². The van der Waals surface area contributed by atoms with Crippen LogP contribution in [-0.2, 0) is 12.8 Å². The minimum atomic E-state index is 0.108. The van der Waals surface area contributed by atoms with Gasteiger partial charge in [-0.3, -0.25) is 0 Å². The lowest BCUT2D eigenvalue weighted by Gasteiger charge is -2.11. The van der Waals surface area contributed by atoms with Crippen molar-refractivity contribution in [3.63, 3.8) is 0 Å². The van der Waals surface area contributed by atoms with Crippen LogP contribution in [0.1, 0.15) is 27.8 Å². The van der Waals surface area contributed by atoms with Crippen molar-refractivity contribution >= 4 is 10.8 Å². The Kier molecular flexibility index (Phi) is 5.22. The minimum Gasteiger partial charge on any atom is -0.507 e. The Balaban J connectivity index is 1.64. The van der Waals surface area contributed by atoms with E-state index in [1.165, 1.54) is 11.1 Å². The Hall–Kier alpha value is -3.70. The first-order valence-electron chi connectivity index (χ1n) is 9.66. The standard InChI is InChI=1S/C27H22O2/c1-19-10-12-20(13-11-19)8-5-9-22-14-15-23-18-26(28)25(27(29)24(23)16-22)17-21-6-3-2-4-7-21/h2-4,6-7,10-16,18,28-29H,8,17H2,1H3. The second kappa shape index (κ2) is 8.12. The molecule has 0 spiro atoms. The van der Waals surface area contributed by atoms with Gasteiger partial charge in [0.25, 0.3) is 0 Å². The highest BCUT2D eigenvalue weighted by molar-refractivity contribution is 5.92. The Bertz CT molecular complexity index is 1210. The van der Waals surface area contributed by atoms with E-state index in [1.807, 2.05) is 48.5 Å². The van der Waals surface area contributed by atoms with Gasteiger partial charge in [-0.1, -0.05) is 78.1 Å². The molecule has 0 bridgehead atoms. The molecular formula is C27H22O2. The number of hydrogen-bond acceptors (Lipinski definition) is 2. The van der Waals surface area contributed by atoms with Crippen LogP contribution in [0.5, 0.6) is 11.5 Å². The molecule has 0 radical (unpaired) electrons. The Morgan fingerprint density at radius 1 is 0.793 bits per heavy atom. The fraction of sp³-hybridized carbons (Fsp3) is 0.111. The average molecular weight is 378 g/mol. The third-order valence-corrected chi connectivity index (χ3v) is 5.07. The third-order valence-electron chi connectivity index (χ3n) is 5.07. The summed E-state index contributed by atoms with van der Waals surface area (Å²) in [5, 5.41) is 22.8. The summed E-state index contributed by atoms with van der Waals surface area (Å²) < 4.78 is 0. The highest BCUT2D eigenvalue weighted by Gasteiger charge is 2.13. The second-order valence-corrected chi connectivity index (χ2v) is 7.29. The van der Waals surface area contributed by atoms with Crippen molar-refractivity contribution in [3.05, 3.63) is 107 Å². The zero-order valence-corrected chi connectivity index (χ0v) is 16.3. The van der Waals surface area contributed by atoms with Crippen LogP contribution in [0.3, 0.4) is 0 Å². The molecule has 0 fully saturated rings. The summed E-state index contributed by atoms with van der Waals surface area (Å²) in [7, 11) is 0. The molecule has 0 atom stereocenters. The molecule has 4 rings (SSSR count). The van der Waals surface area contributed by atoms with Crippen LogP contribution in [0, 0.1) is 18.8 Å². The van der Waals surface area contributed by atoms with E-state index < -0.39 is 0 Å². The van der Waals surface area contributed by atoms with Crippen molar-refractivity contribution in [2.75, 3.05) is 0 Å². The van der Waals surface area contributed by atoms with E-state index in [4.69, 9.17) is 0 Å². The molecule has 0 amide bonds. The quantitative estimate of drug-likeness (QED) is 0.446. The first-order valence-corrected chi connectivity index (χ1v) is 9.66. The summed E-state index contributed by atoms with van der Waals surface area (Å²) >= 11 is 0. The third kappa shape index (κ3) is 4.25. The van der Waals surface area contributed by atoms with E-state index >= 15 is 0 Å². The van der Waals surface area contributed by atoms with Gasteiger partial charge in [0.15, 0.2) is 0 Å². The van der Waals surface area contributed by atoms with Crippen LogP contribution in [0.2, 0.25) is 0 Å². The molecular weight excluding hydrogens is 356 g/mol.